The Labute approximate surface area is 156 Å². The molecule has 0 amide bonds. The van der Waals surface area contributed by atoms with Crippen LogP contribution < -0.4 is 10.6 Å². The predicted molar refractivity (Wildman–Crippen MR) is 104 cm³/mol. The molecule has 0 spiro atoms. The number of methoxy groups -OCH3 is 1. The number of anilines is 1. The summed E-state index contributed by atoms with van der Waals surface area (Å²) in [5.41, 5.74) is 2.55. The number of hydrogen-bond acceptors (Lipinski definition) is 4. The second-order valence-corrected chi connectivity index (χ2v) is 7.08. The first-order chi connectivity index (χ1) is 12.0. The summed E-state index contributed by atoms with van der Waals surface area (Å²) in [6.45, 7) is 4.59. The van der Waals surface area contributed by atoms with E-state index < -0.39 is 0 Å². The van der Waals surface area contributed by atoms with E-state index in [-0.39, 0.29) is 11.8 Å². The van der Waals surface area contributed by atoms with Crippen molar-refractivity contribution in [3.8, 4) is 0 Å². The fourth-order valence-corrected chi connectivity index (χ4v) is 3.94. The fourth-order valence-electron chi connectivity index (χ4n) is 2.53. The zero-order valence-electron chi connectivity index (χ0n) is 14.4. The number of carbonyl (C=O) groups excluding carboxylic acids is 1. The van der Waals surface area contributed by atoms with Crippen molar-refractivity contribution in [3.05, 3.63) is 51.7 Å². The number of nitrogens with one attached hydrogen (secondary N) is 2. The molecule has 2 rings (SSSR count). The molecular formula is C18H21FN2O2S2. The number of esters is 1. The molecule has 0 aliphatic carbocycles. The van der Waals surface area contributed by atoms with Crippen LogP contribution in [0.5, 0.6) is 0 Å². The monoisotopic (exact) mass is 380 g/mol. The average Bonchev–Trinajstić information content (AvgIpc) is 2.90. The first-order valence-corrected chi connectivity index (χ1v) is 9.18. The van der Waals surface area contributed by atoms with Crippen LogP contribution in [0.4, 0.5) is 9.39 Å². The number of rotatable bonds is 6. The third-order valence-corrected chi connectivity index (χ3v) is 5.10. The van der Waals surface area contributed by atoms with Gasteiger partial charge in [0.1, 0.15) is 10.8 Å². The molecule has 2 aromatic rings. The van der Waals surface area contributed by atoms with E-state index >= 15 is 0 Å². The van der Waals surface area contributed by atoms with Gasteiger partial charge in [-0.3, -0.25) is 0 Å². The van der Waals surface area contributed by atoms with Crippen molar-refractivity contribution in [1.29, 1.82) is 0 Å². The molecule has 0 aliphatic rings. The Morgan fingerprint density at radius 1 is 1.32 bits per heavy atom. The summed E-state index contributed by atoms with van der Waals surface area (Å²) in [7, 11) is 1.37. The van der Waals surface area contributed by atoms with Crippen LogP contribution in [0, 0.1) is 12.7 Å². The Bertz CT molecular complexity index is 757. The summed E-state index contributed by atoms with van der Waals surface area (Å²) in [4.78, 5) is 13.2. The van der Waals surface area contributed by atoms with E-state index in [1.54, 1.807) is 12.1 Å². The molecule has 0 radical (unpaired) electrons. The second kappa shape index (κ2) is 8.92. The van der Waals surface area contributed by atoms with Gasteiger partial charge in [-0.2, -0.15) is 0 Å². The lowest BCUT2D eigenvalue weighted by atomic mass is 10.1. The summed E-state index contributed by atoms with van der Waals surface area (Å²) in [6.07, 6.45) is 1.47. The van der Waals surface area contributed by atoms with E-state index in [9.17, 15) is 9.18 Å². The van der Waals surface area contributed by atoms with Gasteiger partial charge in [0.25, 0.3) is 0 Å². The second-order valence-electron chi connectivity index (χ2n) is 5.44. The molecule has 0 aliphatic heterocycles. The molecule has 0 fully saturated rings. The lowest BCUT2D eigenvalue weighted by Gasteiger charge is -2.11. The zero-order valence-corrected chi connectivity index (χ0v) is 16.1. The maximum Gasteiger partial charge on any atom is 0.341 e. The molecule has 0 saturated carbocycles. The Kier molecular flexibility index (Phi) is 6.90. The molecule has 1 aromatic heterocycles. The summed E-state index contributed by atoms with van der Waals surface area (Å²) in [5, 5.41) is 7.34. The van der Waals surface area contributed by atoms with Crippen LogP contribution in [-0.2, 0) is 17.6 Å². The van der Waals surface area contributed by atoms with Gasteiger partial charge >= 0.3 is 5.97 Å². The maximum atomic E-state index is 12.9. The van der Waals surface area contributed by atoms with E-state index in [1.165, 1.54) is 30.6 Å². The van der Waals surface area contributed by atoms with Gasteiger partial charge in [0.2, 0.25) is 0 Å². The average molecular weight is 381 g/mol. The molecule has 0 unspecified atom stereocenters. The van der Waals surface area contributed by atoms with E-state index in [0.717, 1.165) is 28.8 Å². The van der Waals surface area contributed by atoms with Crippen molar-refractivity contribution in [2.24, 2.45) is 0 Å². The van der Waals surface area contributed by atoms with Crippen LogP contribution in [0.3, 0.4) is 0 Å². The molecule has 25 heavy (non-hydrogen) atoms. The van der Waals surface area contributed by atoms with Crippen molar-refractivity contribution in [2.45, 2.75) is 26.7 Å². The van der Waals surface area contributed by atoms with Crippen molar-refractivity contribution in [2.75, 3.05) is 19.0 Å². The normalized spacial score (nSPS) is 10.4. The number of halogens is 1. The third kappa shape index (κ3) is 4.99. The van der Waals surface area contributed by atoms with Gasteiger partial charge in [0.05, 0.1) is 12.7 Å². The highest BCUT2D eigenvalue weighted by Crippen LogP contribution is 2.33. The van der Waals surface area contributed by atoms with Crippen molar-refractivity contribution < 1.29 is 13.9 Å². The van der Waals surface area contributed by atoms with Gasteiger partial charge in [-0.1, -0.05) is 19.1 Å². The summed E-state index contributed by atoms with van der Waals surface area (Å²) >= 11 is 6.80. The fraction of sp³-hybridized carbons (Fsp3) is 0.333. The van der Waals surface area contributed by atoms with Gasteiger partial charge in [0, 0.05) is 11.4 Å². The molecular weight excluding hydrogens is 359 g/mol. The van der Waals surface area contributed by atoms with Crippen molar-refractivity contribution >= 4 is 39.6 Å². The predicted octanol–water partition coefficient (Wildman–Crippen LogP) is 4.07. The topological polar surface area (TPSA) is 50.4 Å². The zero-order chi connectivity index (χ0) is 18.4. The SMILES string of the molecule is CCc1c(C)sc(NC(=S)NCCc2ccc(F)cc2)c1C(=O)OC. The highest BCUT2D eigenvalue weighted by molar-refractivity contribution is 7.80. The number of hydrogen-bond donors (Lipinski definition) is 2. The van der Waals surface area contributed by atoms with Crippen LogP contribution in [0.2, 0.25) is 0 Å². The van der Waals surface area contributed by atoms with E-state index in [2.05, 4.69) is 10.6 Å². The van der Waals surface area contributed by atoms with Crippen LogP contribution in [-0.4, -0.2) is 24.7 Å². The van der Waals surface area contributed by atoms with E-state index in [4.69, 9.17) is 17.0 Å². The number of thiophene rings is 1. The van der Waals surface area contributed by atoms with Crippen LogP contribution in [0.25, 0.3) is 0 Å². The van der Waals surface area contributed by atoms with Crippen LogP contribution in [0.1, 0.15) is 33.3 Å². The first-order valence-electron chi connectivity index (χ1n) is 7.96. The molecule has 0 atom stereocenters. The van der Waals surface area contributed by atoms with Gasteiger partial charge in [-0.15, -0.1) is 11.3 Å². The van der Waals surface area contributed by atoms with Gasteiger partial charge in [-0.25, -0.2) is 9.18 Å². The summed E-state index contributed by atoms with van der Waals surface area (Å²) < 4.78 is 17.8. The smallest absolute Gasteiger partial charge is 0.341 e. The Morgan fingerprint density at radius 3 is 2.60 bits per heavy atom. The van der Waals surface area contributed by atoms with Crippen LogP contribution in [0.15, 0.2) is 24.3 Å². The lowest BCUT2D eigenvalue weighted by Crippen LogP contribution is -2.30. The number of benzene rings is 1. The molecule has 7 heteroatoms. The molecule has 0 bridgehead atoms. The largest absolute Gasteiger partial charge is 0.465 e. The molecule has 134 valence electrons. The summed E-state index contributed by atoms with van der Waals surface area (Å²) in [6, 6.07) is 6.38. The number of carbonyl (C=O) groups is 1. The Balaban J connectivity index is 1.98. The minimum atomic E-state index is -0.363. The molecule has 4 nitrogen and oxygen atoms in total. The van der Waals surface area contributed by atoms with Crippen LogP contribution >= 0.6 is 23.6 Å². The van der Waals surface area contributed by atoms with E-state index in [0.29, 0.717) is 22.2 Å². The van der Waals surface area contributed by atoms with E-state index in [1.807, 2.05) is 13.8 Å². The molecule has 2 N–H and O–H groups in total. The third-order valence-electron chi connectivity index (χ3n) is 3.79. The minimum Gasteiger partial charge on any atom is -0.465 e. The van der Waals surface area contributed by atoms with Crippen molar-refractivity contribution in [1.82, 2.24) is 5.32 Å². The minimum absolute atomic E-state index is 0.246. The van der Waals surface area contributed by atoms with Gasteiger partial charge < -0.3 is 15.4 Å². The standard InChI is InChI=1S/C18H21FN2O2S2/c1-4-14-11(2)25-16(15(14)17(22)23-3)21-18(24)20-10-9-12-5-7-13(19)8-6-12/h5-8H,4,9-10H2,1-3H3,(H2,20,21,24). The lowest BCUT2D eigenvalue weighted by molar-refractivity contribution is 0.0601. The molecule has 0 saturated heterocycles. The molecule has 1 heterocycles. The summed E-state index contributed by atoms with van der Waals surface area (Å²) in [5.74, 6) is -0.609. The van der Waals surface area contributed by atoms with Gasteiger partial charge in [-0.05, 0) is 55.2 Å². The Hall–Kier alpha value is -1.99. The maximum absolute atomic E-state index is 12.9. The highest BCUT2D eigenvalue weighted by atomic mass is 32.1. The van der Waals surface area contributed by atoms with Crippen molar-refractivity contribution in [3.63, 3.8) is 0 Å². The number of aryl methyl sites for hydroxylation is 1. The number of thiocarbonyl (C=S) groups is 1. The number of ether oxygens (including phenoxy) is 1. The first kappa shape index (κ1) is 19.3. The van der Waals surface area contributed by atoms with Gasteiger partial charge in [0.15, 0.2) is 5.11 Å². The quantitative estimate of drug-likeness (QED) is 0.584. The highest BCUT2D eigenvalue weighted by Gasteiger charge is 2.22. The molecule has 1 aromatic carbocycles. The Morgan fingerprint density at radius 2 is 2.00 bits per heavy atom.